The number of anilines is 1. The maximum Gasteiger partial charge on any atom is 0.125 e. The van der Waals surface area contributed by atoms with E-state index in [9.17, 15) is 5.26 Å². The fourth-order valence-corrected chi connectivity index (χ4v) is 2.91. The first-order valence-corrected chi connectivity index (χ1v) is 7.89. The molecule has 0 amide bonds. The van der Waals surface area contributed by atoms with Crippen LogP contribution in [0.2, 0.25) is 0 Å². The molecule has 0 radical (unpaired) electrons. The molecule has 0 aromatic heterocycles. The summed E-state index contributed by atoms with van der Waals surface area (Å²) in [7, 11) is 0. The maximum atomic E-state index is 9.52. The molecule has 4 heteroatoms. The van der Waals surface area contributed by atoms with E-state index >= 15 is 0 Å². The van der Waals surface area contributed by atoms with Crippen LogP contribution < -0.4 is 15.0 Å². The summed E-state index contributed by atoms with van der Waals surface area (Å²) in [5, 5.41) is 12.9. The van der Waals surface area contributed by atoms with E-state index in [2.05, 4.69) is 42.3 Å². The molecule has 1 aromatic carbocycles. The zero-order valence-corrected chi connectivity index (χ0v) is 12.9. The fraction of sp³-hybridized carbons (Fsp3) is 0.588. The molecule has 2 fully saturated rings. The predicted molar refractivity (Wildman–Crippen MR) is 84.0 cm³/mol. The Morgan fingerprint density at radius 3 is 2.57 bits per heavy atom. The quantitative estimate of drug-likeness (QED) is 0.924. The smallest absolute Gasteiger partial charge is 0.125 e. The Bertz CT molecular complexity index is 552. The second-order valence-electron chi connectivity index (χ2n) is 6.20. The van der Waals surface area contributed by atoms with Gasteiger partial charge in [-0.05, 0) is 44.2 Å². The SMILES string of the molecule is CC(C)Oc1cc(N2CCNCC2)c(C#N)cc1C1CC1. The van der Waals surface area contributed by atoms with E-state index in [1.54, 1.807) is 0 Å². The highest BCUT2D eigenvalue weighted by atomic mass is 16.5. The van der Waals surface area contributed by atoms with E-state index in [1.165, 1.54) is 18.4 Å². The van der Waals surface area contributed by atoms with Crippen molar-refractivity contribution in [3.05, 3.63) is 23.3 Å². The Kier molecular flexibility index (Phi) is 4.03. The summed E-state index contributed by atoms with van der Waals surface area (Å²) in [6.45, 7) is 7.93. The molecule has 1 saturated heterocycles. The summed E-state index contributed by atoms with van der Waals surface area (Å²) in [5.41, 5.74) is 3.04. The van der Waals surface area contributed by atoms with Gasteiger partial charge in [-0.25, -0.2) is 0 Å². The minimum Gasteiger partial charge on any atom is -0.491 e. The van der Waals surface area contributed by atoms with Gasteiger partial charge in [0.2, 0.25) is 0 Å². The number of rotatable bonds is 4. The molecule has 1 saturated carbocycles. The van der Waals surface area contributed by atoms with Gasteiger partial charge in [0.25, 0.3) is 0 Å². The molecule has 112 valence electrons. The molecule has 1 heterocycles. The average molecular weight is 285 g/mol. The van der Waals surface area contributed by atoms with Crippen LogP contribution in [0.1, 0.15) is 43.7 Å². The number of nitrogens with zero attached hydrogens (tertiary/aromatic N) is 2. The summed E-state index contributed by atoms with van der Waals surface area (Å²) in [6.07, 6.45) is 2.59. The summed E-state index contributed by atoms with van der Waals surface area (Å²) < 4.78 is 6.03. The lowest BCUT2D eigenvalue weighted by molar-refractivity contribution is 0.240. The molecular weight excluding hydrogens is 262 g/mol. The van der Waals surface area contributed by atoms with E-state index in [-0.39, 0.29) is 6.10 Å². The standard InChI is InChI=1S/C17H23N3O/c1-12(2)21-17-10-16(20-7-5-19-6-8-20)14(11-18)9-15(17)13-3-4-13/h9-10,12-13,19H,3-8H2,1-2H3. The van der Waals surface area contributed by atoms with Crippen molar-refractivity contribution in [3.8, 4) is 11.8 Å². The lowest BCUT2D eigenvalue weighted by Gasteiger charge is -2.31. The normalized spacial score (nSPS) is 18.7. The molecule has 1 N–H and O–H groups in total. The first-order valence-electron chi connectivity index (χ1n) is 7.89. The van der Waals surface area contributed by atoms with Crippen LogP contribution in [0.4, 0.5) is 5.69 Å². The zero-order valence-electron chi connectivity index (χ0n) is 12.9. The summed E-state index contributed by atoms with van der Waals surface area (Å²) in [6, 6.07) is 6.54. The Balaban J connectivity index is 1.99. The number of nitriles is 1. The average Bonchev–Trinajstić information content (AvgIpc) is 3.32. The van der Waals surface area contributed by atoms with Crippen molar-refractivity contribution < 1.29 is 4.74 Å². The lowest BCUT2D eigenvalue weighted by Crippen LogP contribution is -2.43. The van der Waals surface area contributed by atoms with Crippen molar-refractivity contribution >= 4 is 5.69 Å². The van der Waals surface area contributed by atoms with Crippen molar-refractivity contribution in [1.82, 2.24) is 5.32 Å². The Morgan fingerprint density at radius 2 is 2.00 bits per heavy atom. The second-order valence-corrected chi connectivity index (χ2v) is 6.20. The molecule has 0 bridgehead atoms. The fourth-order valence-electron chi connectivity index (χ4n) is 2.91. The van der Waals surface area contributed by atoms with E-state index in [0.717, 1.165) is 43.2 Å². The largest absolute Gasteiger partial charge is 0.491 e. The van der Waals surface area contributed by atoms with Crippen molar-refractivity contribution in [1.29, 1.82) is 5.26 Å². The van der Waals surface area contributed by atoms with Gasteiger partial charge in [0.15, 0.2) is 0 Å². The minimum atomic E-state index is 0.159. The van der Waals surface area contributed by atoms with Crippen molar-refractivity contribution in [2.24, 2.45) is 0 Å². The van der Waals surface area contributed by atoms with Gasteiger partial charge in [-0.2, -0.15) is 5.26 Å². The lowest BCUT2D eigenvalue weighted by atomic mass is 10.0. The number of ether oxygens (including phenoxy) is 1. The highest BCUT2D eigenvalue weighted by Gasteiger charge is 2.29. The zero-order chi connectivity index (χ0) is 14.8. The van der Waals surface area contributed by atoms with Gasteiger partial charge in [0.05, 0.1) is 17.4 Å². The Morgan fingerprint density at radius 1 is 1.29 bits per heavy atom. The third-order valence-corrected chi connectivity index (χ3v) is 4.09. The third-order valence-electron chi connectivity index (χ3n) is 4.09. The number of nitrogens with one attached hydrogen (secondary N) is 1. The minimum absolute atomic E-state index is 0.159. The van der Waals surface area contributed by atoms with Crippen LogP contribution in [0.15, 0.2) is 12.1 Å². The summed E-state index contributed by atoms with van der Waals surface area (Å²) in [5.74, 6) is 1.56. The molecule has 21 heavy (non-hydrogen) atoms. The predicted octanol–water partition coefficient (Wildman–Crippen LogP) is 2.63. The van der Waals surface area contributed by atoms with Gasteiger partial charge in [0.1, 0.15) is 11.8 Å². The molecule has 4 nitrogen and oxygen atoms in total. The van der Waals surface area contributed by atoms with Crippen LogP contribution in [0.5, 0.6) is 5.75 Å². The third kappa shape index (κ3) is 3.14. The molecule has 1 aliphatic carbocycles. The van der Waals surface area contributed by atoms with Crippen LogP contribution in [0.25, 0.3) is 0 Å². The highest BCUT2D eigenvalue weighted by molar-refractivity contribution is 5.65. The number of piperazine rings is 1. The van der Waals surface area contributed by atoms with Gasteiger partial charge >= 0.3 is 0 Å². The Hall–Kier alpha value is -1.73. The van der Waals surface area contributed by atoms with Gasteiger partial charge in [-0.15, -0.1) is 0 Å². The first-order chi connectivity index (χ1) is 10.2. The second kappa shape index (κ2) is 5.95. The van der Waals surface area contributed by atoms with E-state index in [4.69, 9.17) is 4.74 Å². The Labute approximate surface area is 126 Å². The van der Waals surface area contributed by atoms with Gasteiger partial charge in [-0.3, -0.25) is 0 Å². The van der Waals surface area contributed by atoms with Gasteiger partial charge < -0.3 is 15.0 Å². The molecular formula is C17H23N3O. The van der Waals surface area contributed by atoms with E-state index < -0.39 is 0 Å². The van der Waals surface area contributed by atoms with Gasteiger partial charge in [-0.1, -0.05) is 0 Å². The number of hydrogen-bond donors (Lipinski definition) is 1. The molecule has 3 rings (SSSR count). The molecule has 2 aliphatic rings. The molecule has 0 unspecified atom stereocenters. The van der Waals surface area contributed by atoms with Crippen LogP contribution >= 0.6 is 0 Å². The highest BCUT2D eigenvalue weighted by Crippen LogP contribution is 2.46. The van der Waals surface area contributed by atoms with Crippen molar-refractivity contribution in [3.63, 3.8) is 0 Å². The van der Waals surface area contributed by atoms with E-state index in [1.807, 2.05) is 0 Å². The van der Waals surface area contributed by atoms with Crippen molar-refractivity contribution in [2.45, 2.75) is 38.7 Å². The topological polar surface area (TPSA) is 48.3 Å². The molecule has 1 aliphatic heterocycles. The monoisotopic (exact) mass is 285 g/mol. The first kappa shape index (κ1) is 14.2. The molecule has 1 aromatic rings. The van der Waals surface area contributed by atoms with E-state index in [0.29, 0.717) is 5.92 Å². The van der Waals surface area contributed by atoms with Gasteiger partial charge in [0, 0.05) is 32.2 Å². The van der Waals surface area contributed by atoms with Crippen LogP contribution in [0, 0.1) is 11.3 Å². The van der Waals surface area contributed by atoms with Crippen LogP contribution in [-0.4, -0.2) is 32.3 Å². The number of hydrogen-bond acceptors (Lipinski definition) is 4. The number of benzene rings is 1. The van der Waals surface area contributed by atoms with Crippen molar-refractivity contribution in [2.75, 3.05) is 31.1 Å². The molecule has 0 atom stereocenters. The summed E-state index contributed by atoms with van der Waals surface area (Å²) in [4.78, 5) is 2.29. The maximum absolute atomic E-state index is 9.52. The van der Waals surface area contributed by atoms with Crippen LogP contribution in [0.3, 0.4) is 0 Å². The molecule has 0 spiro atoms. The van der Waals surface area contributed by atoms with Crippen LogP contribution in [-0.2, 0) is 0 Å². The summed E-state index contributed by atoms with van der Waals surface area (Å²) >= 11 is 0.